The molecule has 0 aromatic carbocycles. The second kappa shape index (κ2) is 36.8. The predicted molar refractivity (Wildman–Crippen MR) is 244 cm³/mol. The van der Waals surface area contributed by atoms with Crippen molar-refractivity contribution in [2.24, 2.45) is 52.3 Å². The van der Waals surface area contributed by atoms with Crippen LogP contribution < -0.4 is 207 Å². The minimum absolute atomic E-state index is 0. The van der Waals surface area contributed by atoms with Gasteiger partial charge in [-0.15, -0.1) is 0 Å². The van der Waals surface area contributed by atoms with Crippen LogP contribution in [0, 0.1) is 52.3 Å². The fourth-order valence-corrected chi connectivity index (χ4v) is 16.7. The van der Waals surface area contributed by atoms with Gasteiger partial charge in [0.1, 0.15) is 36.6 Å². The van der Waals surface area contributed by atoms with Crippen LogP contribution in [-0.2, 0) is 121 Å². The number of hydrogen-bond acceptors (Lipinski definition) is 32. The second-order valence-electron chi connectivity index (χ2n) is 21.6. The molecule has 458 valence electrons. The van der Waals surface area contributed by atoms with Gasteiger partial charge in [0.25, 0.3) is 0 Å². The number of ether oxygens (including phenoxy) is 4. The predicted octanol–water partition coefficient (Wildman–Crippen LogP) is -21.5. The first-order valence-electron chi connectivity index (χ1n) is 24.5. The van der Waals surface area contributed by atoms with E-state index in [1.54, 1.807) is 0 Å². The van der Waals surface area contributed by atoms with Gasteiger partial charge in [-0.2, -0.15) is 0 Å². The van der Waals surface area contributed by atoms with Crippen LogP contribution in [-0.4, -0.2) is 172 Å². The maximum absolute atomic E-state index is 12.5. The van der Waals surface area contributed by atoms with Gasteiger partial charge in [0.15, 0.2) is 24.8 Å². The first kappa shape index (κ1) is 93.0. The zero-order valence-corrected chi connectivity index (χ0v) is 68.9. The van der Waals surface area contributed by atoms with Gasteiger partial charge in [0.2, 0.25) is 72.8 Å². The molecule has 0 amide bonds. The molecule has 85 heavy (non-hydrogen) atoms. The third-order valence-electron chi connectivity index (χ3n) is 16.5. The Kier molecular flexibility index (Phi) is 40.3. The minimum atomic E-state index is -6.45. The molecule has 6 rings (SSSR count). The first-order chi connectivity index (χ1) is 35.4. The Hall–Kier alpha value is 5.93. The van der Waals surface area contributed by atoms with Gasteiger partial charge >= 0.3 is 207 Å². The number of fused-ring (bicyclic) bond motifs is 5. The largest absolute Gasteiger partial charge is 1.00 e. The SMILES string of the molecule is CC(C)CCC[C@@H](C)[C@H]1CC[C@H]2[C@@H]3CC[C@H]4C[C@@H](O[C@@H]5O[C@H](COS(=O)(=O)[O-])[C@@H](O[C@H]6O[C@H](COS(=O)(=O)[O-])[C@@H](OS(=O)(=O)[O-])[C@H](OS(=O)(=O)[O-])[C@H]6OS(=O)(=O)[O-])[C@H](OS(=O)(=O)[O-])[C@H]5OS(=O)(=O)[O-])CC[C@]4(C)[C@H]3CC[C@]12C.[Na+].[Na+].[Na+].[Na+].[Na+].[Na+].[Na+]. The molecule has 19 atom stereocenters. The van der Waals surface area contributed by atoms with Crippen LogP contribution in [0.25, 0.3) is 0 Å². The third-order valence-corrected chi connectivity index (χ3v) is 19.7. The molecular formula is C39H61Na7O32S7. The normalized spacial score (nSPS) is 35.6. The molecule has 0 bridgehead atoms. The molecule has 2 saturated heterocycles. The van der Waals surface area contributed by atoms with Crippen molar-refractivity contribution in [2.45, 2.75) is 179 Å². The van der Waals surface area contributed by atoms with E-state index in [0.29, 0.717) is 42.4 Å². The quantitative estimate of drug-likeness (QED) is 0.0354. The molecule has 4 saturated carbocycles. The maximum atomic E-state index is 12.5. The molecule has 0 aromatic heterocycles. The zero-order chi connectivity index (χ0) is 58.6. The van der Waals surface area contributed by atoms with E-state index in [1.807, 2.05) is 0 Å². The summed E-state index contributed by atoms with van der Waals surface area (Å²) in [6.07, 6.45) is -21.7. The molecule has 2 aliphatic heterocycles. The Morgan fingerprint density at radius 2 is 0.847 bits per heavy atom. The van der Waals surface area contributed by atoms with Gasteiger partial charge in [-0.1, -0.05) is 53.9 Å². The smallest absolute Gasteiger partial charge is 0.726 e. The van der Waals surface area contributed by atoms with E-state index in [2.05, 4.69) is 63.9 Å². The van der Waals surface area contributed by atoms with Crippen molar-refractivity contribution < 1.29 is 346 Å². The average molecular weight is 1430 g/mol. The minimum Gasteiger partial charge on any atom is -0.726 e. The van der Waals surface area contributed by atoms with Crippen molar-refractivity contribution in [1.82, 2.24) is 0 Å². The monoisotopic (exact) mass is 1430 g/mol. The van der Waals surface area contributed by atoms with Crippen molar-refractivity contribution >= 4 is 72.8 Å². The van der Waals surface area contributed by atoms with E-state index >= 15 is 0 Å². The Labute approximate surface area is 653 Å². The first-order valence-corrected chi connectivity index (χ1v) is 33.8. The van der Waals surface area contributed by atoms with Crippen LogP contribution in [0.1, 0.15) is 112 Å². The topological polar surface area (TPSA) is 502 Å². The van der Waals surface area contributed by atoms with E-state index in [9.17, 15) is 90.8 Å². The molecule has 0 unspecified atom stereocenters. The fourth-order valence-electron chi connectivity index (χ4n) is 13.6. The van der Waals surface area contributed by atoms with E-state index in [4.69, 9.17) is 18.9 Å². The van der Waals surface area contributed by atoms with Crippen LogP contribution in [0.3, 0.4) is 0 Å². The Balaban J connectivity index is 0. The van der Waals surface area contributed by atoms with Crippen molar-refractivity contribution in [3.63, 3.8) is 0 Å². The standard InChI is InChI=1S/C39H68O32S7.7Na/c1-20(2)7-6-8-21(3)25-11-12-26-24-10-9-22-17-23(13-15-38(22,4)27(24)14-16-39(25,26)5)63-36-34(70-77(55,56)57)32(68-75(49,50)51)30(28(64-36)18-61-72(40,41)42)66-37-35(71-78(58,59)60)33(69-76(52,53)54)31(67-74(46,47)48)29(65-37)19-62-73(43,44)45;;;;;;;/h20-37H,6-19H2,1-5H3,(H,40,41,42)(H,43,44,45)(H,46,47,48)(H,49,50,51)(H,52,53,54)(H,55,56,57)(H,58,59,60);;;;;;;/q;7*+1/p-7/t21-,22+,23+,24+,25-,26+,27+,28-,29-,30-,31-,32+,33+,34-,35-,36-,37-,38+,39-;;;;;;;/m1......./s1. The summed E-state index contributed by atoms with van der Waals surface area (Å²) in [6, 6.07) is 0. The molecule has 2 heterocycles. The molecule has 6 aliphatic rings. The van der Waals surface area contributed by atoms with Gasteiger partial charge in [-0.3, -0.25) is 29.3 Å². The van der Waals surface area contributed by atoms with E-state index in [-0.39, 0.29) is 242 Å². The molecular weight excluding hydrogens is 1370 g/mol. The van der Waals surface area contributed by atoms with E-state index < -0.39 is 154 Å². The summed E-state index contributed by atoms with van der Waals surface area (Å²) in [5, 5.41) is 0. The second-order valence-corrected chi connectivity index (χ2v) is 28.8. The molecule has 32 nitrogen and oxygen atoms in total. The van der Waals surface area contributed by atoms with Gasteiger partial charge in [-0.25, -0.2) is 58.9 Å². The van der Waals surface area contributed by atoms with Crippen molar-refractivity contribution in [2.75, 3.05) is 13.2 Å². The summed E-state index contributed by atoms with van der Waals surface area (Å²) < 4.78 is 305. The summed E-state index contributed by atoms with van der Waals surface area (Å²) in [5.74, 6) is 2.79. The summed E-state index contributed by atoms with van der Waals surface area (Å²) in [6.45, 7) is 7.63. The molecule has 46 heteroatoms. The van der Waals surface area contributed by atoms with Gasteiger partial charge in [0, 0.05) is 0 Å². The number of hydrogen-bond donors (Lipinski definition) is 0. The average Bonchev–Trinajstić information content (AvgIpc) is 3.61. The van der Waals surface area contributed by atoms with Crippen LogP contribution in [0.4, 0.5) is 0 Å². The van der Waals surface area contributed by atoms with Crippen molar-refractivity contribution in [3.05, 3.63) is 0 Å². The van der Waals surface area contributed by atoms with Crippen molar-refractivity contribution in [1.29, 1.82) is 0 Å². The zero-order valence-electron chi connectivity index (χ0n) is 49.2. The Morgan fingerprint density at radius 3 is 1.29 bits per heavy atom. The molecule has 4 aliphatic carbocycles. The van der Waals surface area contributed by atoms with Gasteiger partial charge in [0.05, 0.1) is 19.3 Å². The van der Waals surface area contributed by atoms with Gasteiger partial charge < -0.3 is 50.8 Å². The summed E-state index contributed by atoms with van der Waals surface area (Å²) >= 11 is 0. The maximum Gasteiger partial charge on any atom is 1.00 e. The third kappa shape index (κ3) is 27.5. The van der Waals surface area contributed by atoms with E-state index in [0.717, 1.165) is 51.4 Å². The van der Waals surface area contributed by atoms with Crippen molar-refractivity contribution in [3.8, 4) is 0 Å². The van der Waals surface area contributed by atoms with Crippen LogP contribution in [0.15, 0.2) is 0 Å². The van der Waals surface area contributed by atoms with Crippen LogP contribution in [0.2, 0.25) is 0 Å². The number of rotatable bonds is 25. The molecule has 0 N–H and O–H groups in total. The molecule has 0 aromatic rings. The van der Waals surface area contributed by atoms with Crippen LogP contribution in [0.5, 0.6) is 0 Å². The Morgan fingerprint density at radius 1 is 0.447 bits per heavy atom. The Bertz CT molecular complexity index is 2940. The summed E-state index contributed by atoms with van der Waals surface area (Å²) in [5.41, 5.74) is -0.133. The summed E-state index contributed by atoms with van der Waals surface area (Å²) in [4.78, 5) is 0. The van der Waals surface area contributed by atoms with Gasteiger partial charge in [-0.05, 0) is 110 Å². The molecule has 0 spiro atoms. The molecule has 0 radical (unpaired) electrons. The fraction of sp³-hybridized carbons (Fsp3) is 1.00. The van der Waals surface area contributed by atoms with E-state index in [1.165, 1.54) is 0 Å². The molecule has 6 fully saturated rings. The van der Waals surface area contributed by atoms with Crippen LogP contribution >= 0.6 is 0 Å². The summed E-state index contributed by atoms with van der Waals surface area (Å²) in [7, 11) is -43.7.